The molecule has 4 rings (SSSR count). The van der Waals surface area contributed by atoms with Crippen molar-refractivity contribution in [3.05, 3.63) is 36.1 Å². The number of pyridine rings is 1. The van der Waals surface area contributed by atoms with Crippen molar-refractivity contribution < 1.29 is 13.9 Å². The first-order valence-corrected chi connectivity index (χ1v) is 8.20. The first kappa shape index (κ1) is 14.8. The predicted molar refractivity (Wildman–Crippen MR) is 87.2 cm³/mol. The van der Waals surface area contributed by atoms with Gasteiger partial charge in [0.15, 0.2) is 0 Å². The van der Waals surface area contributed by atoms with Gasteiger partial charge in [-0.2, -0.15) is 0 Å². The Labute approximate surface area is 135 Å². The Balaban J connectivity index is 1.65. The molecule has 1 spiro atoms. The lowest BCUT2D eigenvalue weighted by Gasteiger charge is -2.47. The van der Waals surface area contributed by atoms with E-state index in [1.54, 1.807) is 6.07 Å². The minimum Gasteiger partial charge on any atom is -0.378 e. The highest BCUT2D eigenvalue weighted by Gasteiger charge is 2.41. The molecule has 0 saturated carbocycles. The van der Waals surface area contributed by atoms with Crippen molar-refractivity contribution in [2.45, 2.75) is 31.5 Å². The largest absolute Gasteiger partial charge is 0.378 e. The Bertz CT molecular complexity index is 715. The van der Waals surface area contributed by atoms with E-state index >= 15 is 0 Å². The molecule has 0 unspecified atom stereocenters. The average molecular weight is 316 g/mol. The van der Waals surface area contributed by atoms with Crippen molar-refractivity contribution in [1.82, 2.24) is 4.98 Å². The van der Waals surface area contributed by atoms with Crippen LogP contribution in [0.1, 0.15) is 19.8 Å². The highest BCUT2D eigenvalue weighted by molar-refractivity contribution is 5.80. The van der Waals surface area contributed by atoms with Crippen molar-refractivity contribution in [3.8, 4) is 0 Å². The third-order valence-electron chi connectivity index (χ3n) is 4.66. The number of nitrogens with zero attached hydrogens (tertiary/aromatic N) is 2. The molecule has 1 aromatic heterocycles. The van der Waals surface area contributed by atoms with Gasteiger partial charge in [0.05, 0.1) is 24.8 Å². The summed E-state index contributed by atoms with van der Waals surface area (Å²) in [4.78, 5) is 6.90. The minimum atomic E-state index is -0.255. The van der Waals surface area contributed by atoms with E-state index in [0.717, 1.165) is 43.7 Å². The molecule has 2 saturated heterocycles. The van der Waals surface area contributed by atoms with Crippen molar-refractivity contribution in [3.63, 3.8) is 0 Å². The maximum absolute atomic E-state index is 13.5. The van der Waals surface area contributed by atoms with Crippen molar-refractivity contribution in [2.75, 3.05) is 31.2 Å². The number of halogens is 1. The van der Waals surface area contributed by atoms with Crippen LogP contribution in [-0.4, -0.2) is 43.0 Å². The van der Waals surface area contributed by atoms with Gasteiger partial charge in [-0.15, -0.1) is 0 Å². The summed E-state index contributed by atoms with van der Waals surface area (Å²) in [5.41, 5.74) is 0.449. The Morgan fingerprint density at radius 3 is 3.00 bits per heavy atom. The zero-order valence-electron chi connectivity index (χ0n) is 13.3. The predicted octanol–water partition coefficient (Wildman–Crippen LogP) is 3.15. The van der Waals surface area contributed by atoms with Gasteiger partial charge in [-0.1, -0.05) is 0 Å². The molecule has 5 heteroatoms. The Hall–Kier alpha value is -1.72. The number of aromatic nitrogens is 1. The van der Waals surface area contributed by atoms with Gasteiger partial charge in [-0.05, 0) is 44.0 Å². The van der Waals surface area contributed by atoms with Crippen molar-refractivity contribution >= 4 is 16.7 Å². The lowest BCUT2D eigenvalue weighted by Crippen LogP contribution is -2.58. The molecule has 0 amide bonds. The van der Waals surface area contributed by atoms with Crippen LogP contribution >= 0.6 is 0 Å². The third kappa shape index (κ3) is 2.91. The molecule has 2 aliphatic rings. The van der Waals surface area contributed by atoms with Gasteiger partial charge in [0.25, 0.3) is 0 Å². The molecule has 0 N–H and O–H groups in total. The summed E-state index contributed by atoms with van der Waals surface area (Å²) in [6, 6.07) is 8.73. The summed E-state index contributed by atoms with van der Waals surface area (Å²) in [6.45, 7) is 5.09. The highest BCUT2D eigenvalue weighted by Crippen LogP contribution is 2.32. The first-order valence-electron chi connectivity index (χ1n) is 8.20. The van der Waals surface area contributed by atoms with Crippen molar-refractivity contribution in [1.29, 1.82) is 0 Å². The van der Waals surface area contributed by atoms with Gasteiger partial charge in [0, 0.05) is 24.6 Å². The molecule has 3 heterocycles. The van der Waals surface area contributed by atoms with E-state index in [1.165, 1.54) is 12.1 Å². The molecule has 2 atom stereocenters. The second-order valence-corrected chi connectivity index (χ2v) is 6.65. The molecule has 0 bridgehead atoms. The van der Waals surface area contributed by atoms with Crippen LogP contribution in [0, 0.1) is 5.82 Å². The third-order valence-corrected chi connectivity index (χ3v) is 4.66. The molecule has 2 fully saturated rings. The van der Waals surface area contributed by atoms with E-state index in [1.807, 2.05) is 12.1 Å². The molecule has 1 aromatic carbocycles. The van der Waals surface area contributed by atoms with Crippen LogP contribution in [0.5, 0.6) is 0 Å². The number of ether oxygens (including phenoxy) is 2. The van der Waals surface area contributed by atoms with E-state index in [4.69, 9.17) is 9.47 Å². The molecule has 0 aliphatic carbocycles. The van der Waals surface area contributed by atoms with Gasteiger partial charge >= 0.3 is 0 Å². The number of rotatable bonds is 1. The second-order valence-electron chi connectivity index (χ2n) is 6.65. The van der Waals surface area contributed by atoms with Crippen LogP contribution in [0.4, 0.5) is 10.2 Å². The summed E-state index contributed by atoms with van der Waals surface area (Å²) in [7, 11) is 0. The van der Waals surface area contributed by atoms with E-state index in [0.29, 0.717) is 12.1 Å². The number of morpholine rings is 1. The van der Waals surface area contributed by atoms with E-state index in [2.05, 4.69) is 16.8 Å². The fraction of sp³-hybridized carbons (Fsp3) is 0.500. The van der Waals surface area contributed by atoms with Crippen LogP contribution in [-0.2, 0) is 9.47 Å². The number of benzene rings is 1. The summed E-state index contributed by atoms with van der Waals surface area (Å²) >= 11 is 0. The van der Waals surface area contributed by atoms with Crippen LogP contribution in [0.2, 0.25) is 0 Å². The van der Waals surface area contributed by atoms with E-state index in [-0.39, 0.29) is 17.5 Å². The van der Waals surface area contributed by atoms with Crippen molar-refractivity contribution in [2.24, 2.45) is 0 Å². The van der Waals surface area contributed by atoms with Crippen LogP contribution in [0.25, 0.3) is 10.9 Å². The maximum Gasteiger partial charge on any atom is 0.129 e. The smallest absolute Gasteiger partial charge is 0.129 e. The van der Waals surface area contributed by atoms with Crippen LogP contribution in [0.3, 0.4) is 0 Å². The minimum absolute atomic E-state index is 0.121. The number of hydrogen-bond donors (Lipinski definition) is 0. The summed E-state index contributed by atoms with van der Waals surface area (Å²) in [5.74, 6) is 0.623. The van der Waals surface area contributed by atoms with Gasteiger partial charge in [-0.25, -0.2) is 9.37 Å². The highest BCUT2D eigenvalue weighted by atomic mass is 19.1. The van der Waals surface area contributed by atoms with Crippen LogP contribution in [0.15, 0.2) is 30.3 Å². The topological polar surface area (TPSA) is 34.6 Å². The van der Waals surface area contributed by atoms with Crippen LogP contribution < -0.4 is 4.90 Å². The zero-order valence-corrected chi connectivity index (χ0v) is 13.3. The molecular formula is C18H21FN2O2. The second kappa shape index (κ2) is 5.73. The van der Waals surface area contributed by atoms with Gasteiger partial charge in [-0.3, -0.25) is 0 Å². The maximum atomic E-state index is 13.5. The lowest BCUT2D eigenvalue weighted by atomic mass is 9.93. The van der Waals surface area contributed by atoms with Gasteiger partial charge in [0.1, 0.15) is 17.2 Å². The number of fused-ring (bicyclic) bond motifs is 1. The molecular weight excluding hydrogens is 295 g/mol. The first-order chi connectivity index (χ1) is 11.1. The summed E-state index contributed by atoms with van der Waals surface area (Å²) < 4.78 is 25.3. The van der Waals surface area contributed by atoms with E-state index < -0.39 is 0 Å². The molecule has 2 aromatic rings. The fourth-order valence-corrected chi connectivity index (χ4v) is 3.70. The van der Waals surface area contributed by atoms with Gasteiger partial charge in [0.2, 0.25) is 0 Å². The zero-order chi connectivity index (χ0) is 15.9. The monoisotopic (exact) mass is 316 g/mol. The molecule has 0 radical (unpaired) electrons. The fourth-order valence-electron chi connectivity index (χ4n) is 3.70. The Morgan fingerprint density at radius 2 is 2.17 bits per heavy atom. The molecule has 4 nitrogen and oxygen atoms in total. The van der Waals surface area contributed by atoms with Gasteiger partial charge < -0.3 is 14.4 Å². The lowest BCUT2D eigenvalue weighted by molar-refractivity contribution is -0.160. The summed E-state index contributed by atoms with van der Waals surface area (Å²) in [5, 5.41) is 0.951. The number of hydrogen-bond acceptors (Lipinski definition) is 4. The van der Waals surface area contributed by atoms with E-state index in [9.17, 15) is 4.39 Å². The Morgan fingerprint density at radius 1 is 1.30 bits per heavy atom. The molecule has 122 valence electrons. The Kier molecular flexibility index (Phi) is 3.70. The SMILES string of the molecule is C[C@H]1CN(c2ccc3ccc(F)cc3n2)C[C@@]2(CCCOC2)O1. The normalized spacial score (nSPS) is 28.4. The molecule has 2 aliphatic heterocycles. The average Bonchev–Trinajstić information content (AvgIpc) is 2.54. The quantitative estimate of drug-likeness (QED) is 0.809. The standard InChI is InChI=1S/C18H21FN2O2/c1-13-10-21(11-18(23-13)7-2-8-22-12-18)17-6-4-14-3-5-15(19)9-16(14)20-17/h3-6,9,13H,2,7-8,10-12H2,1H3/t13-,18+/m0/s1. The summed E-state index contributed by atoms with van der Waals surface area (Å²) in [6.07, 6.45) is 2.16. The number of anilines is 1. The molecule has 23 heavy (non-hydrogen) atoms.